The summed E-state index contributed by atoms with van der Waals surface area (Å²) in [6.07, 6.45) is 39.3. The number of rotatable bonds is 7. The molecule has 1 aromatic heterocycles. The van der Waals surface area contributed by atoms with Gasteiger partial charge in [0.2, 0.25) is 0 Å². The zero-order valence-electron chi connectivity index (χ0n) is 31.6. The van der Waals surface area contributed by atoms with Crippen LogP contribution < -0.4 is 4.90 Å². The second kappa shape index (κ2) is 16.4. The SMILES string of the molecule is C=C/C=C\C=C/C(C)C.CC1=CC(C2=CCC(C)=NC(C3=CC(N4c5ccncc5-c5cc(C6=CCCC=C6)cc6cccc4c56)=CCC3)=N2)=CCC1. The van der Waals surface area contributed by atoms with Crippen molar-refractivity contribution in [2.75, 3.05) is 4.90 Å². The molecule has 3 aromatic rings. The molecular formula is C49H50N4. The molecule has 3 aliphatic carbocycles. The zero-order valence-corrected chi connectivity index (χ0v) is 31.6. The average Bonchev–Trinajstić information content (AvgIpc) is 3.39. The van der Waals surface area contributed by atoms with E-state index >= 15 is 0 Å². The number of nitrogens with zero attached hydrogens (tertiary/aromatic N) is 4. The van der Waals surface area contributed by atoms with E-state index in [9.17, 15) is 0 Å². The molecule has 5 aliphatic rings. The van der Waals surface area contributed by atoms with E-state index in [1.807, 2.05) is 30.6 Å². The van der Waals surface area contributed by atoms with Crippen molar-refractivity contribution >= 4 is 39.3 Å². The smallest absolute Gasteiger partial charge is 0.155 e. The predicted molar refractivity (Wildman–Crippen MR) is 229 cm³/mol. The topological polar surface area (TPSA) is 40.9 Å². The van der Waals surface area contributed by atoms with Gasteiger partial charge in [-0.1, -0.05) is 111 Å². The number of hydrogen-bond acceptors (Lipinski definition) is 4. The summed E-state index contributed by atoms with van der Waals surface area (Å²) < 4.78 is 0. The number of anilines is 2. The second-order valence-electron chi connectivity index (χ2n) is 14.6. The first kappa shape index (κ1) is 35.8. The fourth-order valence-corrected chi connectivity index (χ4v) is 7.46. The quantitative estimate of drug-likeness (QED) is 0.231. The van der Waals surface area contributed by atoms with Gasteiger partial charge in [-0.2, -0.15) is 0 Å². The largest absolute Gasteiger partial charge is 0.309 e. The molecule has 0 fully saturated rings. The number of aliphatic imine (C=N–C) groups is 2. The second-order valence-corrected chi connectivity index (χ2v) is 14.6. The summed E-state index contributed by atoms with van der Waals surface area (Å²) >= 11 is 0. The third kappa shape index (κ3) is 8.08. The molecule has 266 valence electrons. The highest BCUT2D eigenvalue weighted by Gasteiger charge is 2.29. The zero-order chi connectivity index (χ0) is 36.7. The first-order chi connectivity index (χ1) is 25.9. The number of hydrogen-bond donors (Lipinski definition) is 0. The van der Waals surface area contributed by atoms with Crippen LogP contribution in [0.3, 0.4) is 0 Å². The fourth-order valence-electron chi connectivity index (χ4n) is 7.46. The van der Waals surface area contributed by atoms with Gasteiger partial charge in [-0.15, -0.1) is 0 Å². The predicted octanol–water partition coefficient (Wildman–Crippen LogP) is 13.4. The van der Waals surface area contributed by atoms with Gasteiger partial charge in [0.05, 0.1) is 17.1 Å². The van der Waals surface area contributed by atoms with Gasteiger partial charge in [0.25, 0.3) is 0 Å². The van der Waals surface area contributed by atoms with Crippen molar-refractivity contribution in [1.82, 2.24) is 4.98 Å². The van der Waals surface area contributed by atoms with Crippen molar-refractivity contribution in [1.29, 1.82) is 0 Å². The summed E-state index contributed by atoms with van der Waals surface area (Å²) in [5.41, 5.74) is 14.5. The molecular weight excluding hydrogens is 645 g/mol. The van der Waals surface area contributed by atoms with E-state index in [-0.39, 0.29) is 0 Å². The van der Waals surface area contributed by atoms with E-state index in [4.69, 9.17) is 9.98 Å². The van der Waals surface area contributed by atoms with Gasteiger partial charge in [0.1, 0.15) is 0 Å². The van der Waals surface area contributed by atoms with Crippen molar-refractivity contribution in [3.8, 4) is 11.1 Å². The molecule has 3 heterocycles. The molecule has 0 saturated carbocycles. The minimum atomic E-state index is 0.638. The Labute approximate surface area is 315 Å². The average molecular weight is 695 g/mol. The lowest BCUT2D eigenvalue weighted by Crippen LogP contribution is -2.21. The number of aromatic nitrogens is 1. The van der Waals surface area contributed by atoms with E-state index in [1.165, 1.54) is 49.9 Å². The van der Waals surface area contributed by atoms with Crippen LogP contribution in [0.15, 0.2) is 172 Å². The minimum absolute atomic E-state index is 0.638. The molecule has 53 heavy (non-hydrogen) atoms. The van der Waals surface area contributed by atoms with E-state index in [0.717, 1.165) is 79.1 Å². The molecule has 0 saturated heterocycles. The molecule has 0 bridgehead atoms. The molecule has 0 unspecified atom stereocenters. The first-order valence-corrected chi connectivity index (χ1v) is 19.2. The molecule has 0 atom stereocenters. The molecule has 4 heteroatoms. The lowest BCUT2D eigenvalue weighted by molar-refractivity contribution is 0.832. The number of fused-ring (bicyclic) bond motifs is 2. The van der Waals surface area contributed by atoms with Crippen LogP contribution in [0.4, 0.5) is 11.4 Å². The Kier molecular flexibility index (Phi) is 11.1. The summed E-state index contributed by atoms with van der Waals surface area (Å²) in [6, 6.07) is 13.6. The lowest BCUT2D eigenvalue weighted by atomic mass is 9.87. The number of benzene rings is 2. The number of pyridine rings is 1. The maximum Gasteiger partial charge on any atom is 0.155 e. The Hall–Kier alpha value is -5.61. The minimum Gasteiger partial charge on any atom is -0.309 e. The van der Waals surface area contributed by atoms with Gasteiger partial charge in [-0.3, -0.25) is 4.98 Å². The van der Waals surface area contributed by atoms with Crippen molar-refractivity contribution < 1.29 is 0 Å². The van der Waals surface area contributed by atoms with Crippen molar-refractivity contribution in [3.63, 3.8) is 0 Å². The van der Waals surface area contributed by atoms with Crippen LogP contribution in [0.1, 0.15) is 78.2 Å². The van der Waals surface area contributed by atoms with E-state index in [1.54, 1.807) is 6.08 Å². The van der Waals surface area contributed by atoms with E-state index in [2.05, 4.69) is 135 Å². The Balaban J connectivity index is 0.000000431. The molecule has 2 aromatic carbocycles. The van der Waals surface area contributed by atoms with Crippen molar-refractivity contribution in [2.45, 2.75) is 72.6 Å². The Bertz CT molecular complexity index is 2270. The van der Waals surface area contributed by atoms with E-state index in [0.29, 0.717) is 5.92 Å². The standard InChI is InChI=1S/C40H36N4.C9H14/c1-26-9-6-12-29(21-26)36-18-17-27(2)42-40(43-36)31-14-7-15-33(23-31)44-37-19-20-41-25-35(37)34-24-32(28-10-4-3-5-11-28)22-30-13-8-16-38(44)39(30)34;1-4-5-6-7-8-9(2)3/h4,8,10-13,15-16,18-25H,3,5-7,9,14,17H2,1-2H3;4-9H,1H2,2-3H3/b;6-5-,8-7-. The van der Waals surface area contributed by atoms with Crippen LogP contribution in [-0.2, 0) is 0 Å². The highest BCUT2D eigenvalue weighted by atomic mass is 15.2. The summed E-state index contributed by atoms with van der Waals surface area (Å²) in [4.78, 5) is 17.3. The van der Waals surface area contributed by atoms with Crippen LogP contribution in [0.2, 0.25) is 0 Å². The van der Waals surface area contributed by atoms with Gasteiger partial charge in [-0.05, 0) is 122 Å². The van der Waals surface area contributed by atoms with Gasteiger partial charge in [0.15, 0.2) is 5.84 Å². The highest BCUT2D eigenvalue weighted by Crippen LogP contribution is 2.50. The van der Waals surface area contributed by atoms with Gasteiger partial charge >= 0.3 is 0 Å². The summed E-state index contributed by atoms with van der Waals surface area (Å²) in [6.45, 7) is 12.2. The fraction of sp³-hybridized carbons (Fsp3) is 0.245. The van der Waals surface area contributed by atoms with Crippen LogP contribution in [0, 0.1) is 5.92 Å². The molecule has 0 amide bonds. The molecule has 2 aliphatic heterocycles. The van der Waals surface area contributed by atoms with Crippen LogP contribution in [-0.4, -0.2) is 16.5 Å². The Morgan fingerprint density at radius 2 is 1.68 bits per heavy atom. The molecule has 0 spiro atoms. The van der Waals surface area contributed by atoms with Crippen molar-refractivity contribution in [2.24, 2.45) is 15.9 Å². The highest BCUT2D eigenvalue weighted by molar-refractivity contribution is 6.14. The Morgan fingerprint density at radius 1 is 0.811 bits per heavy atom. The number of amidine groups is 1. The summed E-state index contributed by atoms with van der Waals surface area (Å²) in [5.74, 6) is 1.48. The summed E-state index contributed by atoms with van der Waals surface area (Å²) in [7, 11) is 0. The van der Waals surface area contributed by atoms with Crippen molar-refractivity contribution in [3.05, 3.63) is 168 Å². The van der Waals surface area contributed by atoms with Crippen LogP contribution in [0.5, 0.6) is 0 Å². The monoisotopic (exact) mass is 694 g/mol. The van der Waals surface area contributed by atoms with Gasteiger partial charge in [-0.25, -0.2) is 9.98 Å². The molecule has 0 radical (unpaired) electrons. The molecule has 0 N–H and O–H groups in total. The van der Waals surface area contributed by atoms with Gasteiger partial charge < -0.3 is 4.90 Å². The molecule has 8 rings (SSSR count). The van der Waals surface area contributed by atoms with E-state index < -0.39 is 0 Å². The summed E-state index contributed by atoms with van der Waals surface area (Å²) in [5, 5.41) is 2.53. The third-order valence-corrected chi connectivity index (χ3v) is 10.1. The normalized spacial score (nSPS) is 18.2. The van der Waals surface area contributed by atoms with Gasteiger partial charge in [0, 0.05) is 41.2 Å². The Morgan fingerprint density at radius 3 is 2.49 bits per heavy atom. The maximum absolute atomic E-state index is 5.20. The first-order valence-electron chi connectivity index (χ1n) is 19.2. The van der Waals surface area contributed by atoms with Crippen LogP contribution in [0.25, 0.3) is 27.5 Å². The molecule has 4 nitrogen and oxygen atoms in total. The maximum atomic E-state index is 5.20. The third-order valence-electron chi connectivity index (χ3n) is 10.1. The van der Waals surface area contributed by atoms with Crippen LogP contribution >= 0.6 is 0 Å². The number of allylic oxidation sites excluding steroid dienone is 15. The lowest BCUT2D eigenvalue weighted by Gasteiger charge is -2.35.